The van der Waals surface area contributed by atoms with E-state index in [2.05, 4.69) is 4.98 Å². The minimum Gasteiger partial charge on any atom is -0.439 e. The fourth-order valence-electron chi connectivity index (χ4n) is 2.17. The number of pyridine rings is 1. The topological polar surface area (TPSA) is 57.4 Å². The predicted molar refractivity (Wildman–Crippen MR) is 83.4 cm³/mol. The summed E-state index contributed by atoms with van der Waals surface area (Å²) in [6.45, 7) is 0.557. The van der Waals surface area contributed by atoms with Crippen molar-refractivity contribution in [1.82, 2.24) is 4.98 Å². The zero-order chi connectivity index (χ0) is 14.7. The maximum absolute atomic E-state index is 5.81. The van der Waals surface area contributed by atoms with Gasteiger partial charge in [-0.05, 0) is 42.0 Å². The molecule has 0 aliphatic heterocycles. The van der Waals surface area contributed by atoms with E-state index in [9.17, 15) is 0 Å². The van der Waals surface area contributed by atoms with Gasteiger partial charge in [-0.3, -0.25) is 0 Å². The minimum absolute atomic E-state index is 0.557. The molecule has 0 aliphatic rings. The van der Waals surface area contributed by atoms with Crippen LogP contribution in [0.4, 0.5) is 5.69 Å². The number of benzene rings is 2. The van der Waals surface area contributed by atoms with E-state index in [1.54, 1.807) is 7.11 Å². The summed E-state index contributed by atoms with van der Waals surface area (Å²) in [6.07, 6.45) is 0. The molecular weight excluding hydrogens is 264 g/mol. The van der Waals surface area contributed by atoms with E-state index in [1.165, 1.54) is 0 Å². The molecule has 2 N–H and O–H groups in total. The number of rotatable bonds is 4. The largest absolute Gasteiger partial charge is 0.439 e. The molecule has 0 saturated heterocycles. The maximum Gasteiger partial charge on any atom is 0.219 e. The van der Waals surface area contributed by atoms with Crippen LogP contribution < -0.4 is 10.5 Å². The van der Waals surface area contributed by atoms with Gasteiger partial charge in [0.15, 0.2) is 0 Å². The van der Waals surface area contributed by atoms with Crippen LogP contribution in [0.1, 0.15) is 5.56 Å². The average molecular weight is 280 g/mol. The highest BCUT2D eigenvalue weighted by Gasteiger charge is 2.03. The second-order valence-electron chi connectivity index (χ2n) is 4.78. The van der Waals surface area contributed by atoms with Crippen molar-refractivity contribution in [3.63, 3.8) is 0 Å². The van der Waals surface area contributed by atoms with E-state index in [0.29, 0.717) is 12.5 Å². The number of nitrogen functional groups attached to an aromatic ring is 1. The van der Waals surface area contributed by atoms with Gasteiger partial charge in [0.2, 0.25) is 5.88 Å². The number of nitrogens with zero attached hydrogens (tertiary/aromatic N) is 1. The number of anilines is 1. The Morgan fingerprint density at radius 1 is 1.05 bits per heavy atom. The molecule has 0 radical (unpaired) electrons. The molecule has 0 fully saturated rings. The lowest BCUT2D eigenvalue weighted by atomic mass is 10.2. The molecule has 0 saturated carbocycles. The second-order valence-corrected chi connectivity index (χ2v) is 4.78. The number of hydrogen-bond acceptors (Lipinski definition) is 4. The Labute approximate surface area is 123 Å². The van der Waals surface area contributed by atoms with Gasteiger partial charge < -0.3 is 15.2 Å². The van der Waals surface area contributed by atoms with Gasteiger partial charge in [-0.25, -0.2) is 4.98 Å². The first kappa shape index (κ1) is 13.4. The van der Waals surface area contributed by atoms with E-state index in [-0.39, 0.29) is 0 Å². The third kappa shape index (κ3) is 3.12. The van der Waals surface area contributed by atoms with Gasteiger partial charge in [0, 0.05) is 24.2 Å². The van der Waals surface area contributed by atoms with Gasteiger partial charge >= 0.3 is 0 Å². The molecule has 0 amide bonds. The van der Waals surface area contributed by atoms with Crippen LogP contribution in [-0.4, -0.2) is 12.1 Å². The Kier molecular flexibility index (Phi) is 3.71. The Hall–Kier alpha value is -2.59. The van der Waals surface area contributed by atoms with Crippen LogP contribution in [0.2, 0.25) is 0 Å². The Morgan fingerprint density at radius 2 is 1.95 bits per heavy atom. The van der Waals surface area contributed by atoms with Gasteiger partial charge in [-0.1, -0.05) is 12.1 Å². The van der Waals surface area contributed by atoms with Crippen molar-refractivity contribution < 1.29 is 9.47 Å². The fraction of sp³-hybridized carbons (Fsp3) is 0.118. The third-order valence-electron chi connectivity index (χ3n) is 3.12. The monoisotopic (exact) mass is 280 g/mol. The molecule has 0 bridgehead atoms. The Bertz CT molecular complexity index is 772. The van der Waals surface area contributed by atoms with Crippen LogP contribution in [0.3, 0.4) is 0 Å². The number of hydrogen-bond donors (Lipinski definition) is 1. The smallest absolute Gasteiger partial charge is 0.219 e. The van der Waals surface area contributed by atoms with E-state index >= 15 is 0 Å². The summed E-state index contributed by atoms with van der Waals surface area (Å²) in [5.74, 6) is 1.30. The molecule has 2 aromatic carbocycles. The van der Waals surface area contributed by atoms with Crippen molar-refractivity contribution in [3.8, 4) is 11.6 Å². The van der Waals surface area contributed by atoms with Crippen molar-refractivity contribution in [1.29, 1.82) is 0 Å². The molecular formula is C17H16N2O2. The molecule has 4 nitrogen and oxygen atoms in total. The number of methoxy groups -OCH3 is 1. The van der Waals surface area contributed by atoms with Crippen molar-refractivity contribution in [3.05, 3.63) is 60.2 Å². The van der Waals surface area contributed by atoms with Crippen molar-refractivity contribution >= 4 is 16.6 Å². The lowest BCUT2D eigenvalue weighted by Gasteiger charge is -2.08. The normalized spacial score (nSPS) is 10.7. The first-order valence-corrected chi connectivity index (χ1v) is 6.66. The second kappa shape index (κ2) is 5.81. The molecule has 0 aliphatic carbocycles. The van der Waals surface area contributed by atoms with Gasteiger partial charge in [0.05, 0.1) is 12.1 Å². The highest BCUT2D eigenvalue weighted by Crippen LogP contribution is 2.24. The molecule has 0 atom stereocenters. The highest BCUT2D eigenvalue weighted by atomic mass is 16.5. The lowest BCUT2D eigenvalue weighted by Crippen LogP contribution is -1.92. The molecule has 21 heavy (non-hydrogen) atoms. The summed E-state index contributed by atoms with van der Waals surface area (Å²) >= 11 is 0. The zero-order valence-electron chi connectivity index (χ0n) is 11.7. The molecule has 1 heterocycles. The number of nitrogens with two attached hydrogens (primary N) is 1. The SMILES string of the molecule is COCc1cccc(Oc2ccc3cc(N)ccc3n2)c1. The Balaban J connectivity index is 1.87. The van der Waals surface area contributed by atoms with Crippen molar-refractivity contribution in [2.45, 2.75) is 6.61 Å². The van der Waals surface area contributed by atoms with E-state index in [1.807, 2.05) is 54.6 Å². The third-order valence-corrected chi connectivity index (χ3v) is 3.12. The number of aromatic nitrogens is 1. The fourth-order valence-corrected chi connectivity index (χ4v) is 2.17. The van der Waals surface area contributed by atoms with Crippen LogP contribution in [0.25, 0.3) is 10.9 Å². The quantitative estimate of drug-likeness (QED) is 0.739. The van der Waals surface area contributed by atoms with E-state index in [4.69, 9.17) is 15.2 Å². The molecule has 1 aromatic heterocycles. The predicted octanol–water partition coefficient (Wildman–Crippen LogP) is 3.76. The molecule has 106 valence electrons. The summed E-state index contributed by atoms with van der Waals surface area (Å²) < 4.78 is 10.9. The summed E-state index contributed by atoms with van der Waals surface area (Å²) in [5.41, 5.74) is 8.40. The highest BCUT2D eigenvalue weighted by molar-refractivity contribution is 5.82. The first-order chi connectivity index (χ1) is 10.2. The number of fused-ring (bicyclic) bond motifs is 1. The molecule has 4 heteroatoms. The van der Waals surface area contributed by atoms with Crippen molar-refractivity contribution in [2.24, 2.45) is 0 Å². The molecule has 0 spiro atoms. The summed E-state index contributed by atoms with van der Waals surface area (Å²) in [4.78, 5) is 4.48. The Morgan fingerprint density at radius 3 is 2.81 bits per heavy atom. The number of ether oxygens (including phenoxy) is 2. The zero-order valence-corrected chi connectivity index (χ0v) is 11.7. The van der Waals surface area contributed by atoms with Gasteiger partial charge in [0.25, 0.3) is 0 Å². The standard InChI is InChI=1S/C17H16N2O2/c1-20-11-12-3-2-4-15(9-12)21-17-8-5-13-10-14(18)6-7-16(13)19-17/h2-10H,11,18H2,1H3. The minimum atomic E-state index is 0.557. The first-order valence-electron chi connectivity index (χ1n) is 6.66. The summed E-state index contributed by atoms with van der Waals surface area (Å²) in [6, 6.07) is 17.2. The van der Waals surface area contributed by atoms with Gasteiger partial charge in [0.1, 0.15) is 5.75 Å². The van der Waals surface area contributed by atoms with Crippen molar-refractivity contribution in [2.75, 3.05) is 12.8 Å². The van der Waals surface area contributed by atoms with Crippen LogP contribution >= 0.6 is 0 Å². The molecule has 0 unspecified atom stereocenters. The van der Waals surface area contributed by atoms with E-state index in [0.717, 1.165) is 27.9 Å². The van der Waals surface area contributed by atoms with Crippen LogP contribution in [0.5, 0.6) is 11.6 Å². The van der Waals surface area contributed by atoms with E-state index < -0.39 is 0 Å². The molecule has 3 aromatic rings. The van der Waals surface area contributed by atoms with Gasteiger partial charge in [-0.2, -0.15) is 0 Å². The maximum atomic E-state index is 5.81. The van der Waals surface area contributed by atoms with Gasteiger partial charge in [-0.15, -0.1) is 0 Å². The summed E-state index contributed by atoms with van der Waals surface area (Å²) in [7, 11) is 1.67. The van der Waals surface area contributed by atoms with Crippen LogP contribution in [0.15, 0.2) is 54.6 Å². The average Bonchev–Trinajstić information content (AvgIpc) is 2.48. The lowest BCUT2D eigenvalue weighted by molar-refractivity contribution is 0.184. The van der Waals surface area contributed by atoms with Crippen LogP contribution in [-0.2, 0) is 11.3 Å². The summed E-state index contributed by atoms with van der Waals surface area (Å²) in [5, 5.41) is 0.996. The van der Waals surface area contributed by atoms with Crippen LogP contribution in [0, 0.1) is 0 Å². The molecule has 3 rings (SSSR count).